The molecule has 0 fully saturated rings. The minimum Gasteiger partial charge on any atom is -0.330 e. The molecule has 1 atom stereocenters. The zero-order valence-electron chi connectivity index (χ0n) is 12.8. The third-order valence-corrected chi connectivity index (χ3v) is 3.88. The minimum atomic E-state index is -0.122. The molecule has 0 bridgehead atoms. The summed E-state index contributed by atoms with van der Waals surface area (Å²) >= 11 is 0. The maximum Gasteiger partial charge on any atom is 0.228 e. The maximum atomic E-state index is 12.3. The number of carbonyl (C=O) groups excluding carboxylic acids is 1. The molecule has 0 aliphatic heterocycles. The highest BCUT2D eigenvalue weighted by Crippen LogP contribution is 2.27. The van der Waals surface area contributed by atoms with Crippen molar-refractivity contribution >= 4 is 11.6 Å². The lowest BCUT2D eigenvalue weighted by atomic mass is 9.84. The number of hydrogen-bond donors (Lipinski definition) is 2. The van der Waals surface area contributed by atoms with E-state index in [1.54, 1.807) is 0 Å². The average Bonchev–Trinajstić information content (AvgIpc) is 2.82. The number of fused-ring (bicyclic) bond motifs is 1. The molecule has 0 spiro atoms. The van der Waals surface area contributed by atoms with Crippen LogP contribution >= 0.6 is 0 Å². The Morgan fingerprint density at radius 2 is 2.00 bits per heavy atom. The highest BCUT2D eigenvalue weighted by Gasteiger charge is 2.24. The first-order valence-electron chi connectivity index (χ1n) is 7.52. The summed E-state index contributed by atoms with van der Waals surface area (Å²) < 4.78 is 0. The van der Waals surface area contributed by atoms with Crippen molar-refractivity contribution in [3.8, 4) is 0 Å². The highest BCUT2D eigenvalue weighted by atomic mass is 16.1. The molecular formula is C17H26N2O. The normalized spacial score (nSPS) is 15.8. The van der Waals surface area contributed by atoms with E-state index in [2.05, 4.69) is 38.2 Å². The van der Waals surface area contributed by atoms with Crippen LogP contribution in [-0.4, -0.2) is 12.5 Å². The number of hydrogen-bond acceptors (Lipinski definition) is 2. The van der Waals surface area contributed by atoms with Gasteiger partial charge in [0.1, 0.15) is 0 Å². The van der Waals surface area contributed by atoms with Gasteiger partial charge in [0.25, 0.3) is 0 Å². The number of aryl methyl sites for hydroxylation is 2. The molecule has 3 heteroatoms. The van der Waals surface area contributed by atoms with Crippen molar-refractivity contribution in [3.05, 3.63) is 29.3 Å². The van der Waals surface area contributed by atoms with Gasteiger partial charge in [-0.3, -0.25) is 4.79 Å². The molecule has 0 radical (unpaired) electrons. The van der Waals surface area contributed by atoms with Crippen molar-refractivity contribution in [2.45, 2.75) is 46.5 Å². The van der Waals surface area contributed by atoms with Gasteiger partial charge in [-0.1, -0.05) is 26.8 Å². The average molecular weight is 274 g/mol. The summed E-state index contributed by atoms with van der Waals surface area (Å²) in [6.07, 6.45) is 4.32. The number of nitrogens with one attached hydrogen (secondary N) is 1. The predicted molar refractivity (Wildman–Crippen MR) is 83.7 cm³/mol. The van der Waals surface area contributed by atoms with Crippen LogP contribution in [0.2, 0.25) is 0 Å². The van der Waals surface area contributed by atoms with E-state index in [9.17, 15) is 4.79 Å². The van der Waals surface area contributed by atoms with Crippen molar-refractivity contribution in [2.75, 3.05) is 11.9 Å². The molecule has 0 heterocycles. The topological polar surface area (TPSA) is 55.1 Å². The molecule has 0 saturated heterocycles. The van der Waals surface area contributed by atoms with Gasteiger partial charge in [0, 0.05) is 12.2 Å². The van der Waals surface area contributed by atoms with E-state index >= 15 is 0 Å². The van der Waals surface area contributed by atoms with Crippen molar-refractivity contribution in [1.82, 2.24) is 0 Å². The van der Waals surface area contributed by atoms with Gasteiger partial charge in [-0.05, 0) is 54.4 Å². The van der Waals surface area contributed by atoms with Crippen LogP contribution in [0, 0.1) is 11.3 Å². The lowest BCUT2D eigenvalue weighted by Gasteiger charge is -2.24. The lowest BCUT2D eigenvalue weighted by molar-refractivity contribution is -0.120. The second-order valence-corrected chi connectivity index (χ2v) is 7.02. The summed E-state index contributed by atoms with van der Waals surface area (Å²) in [5.74, 6) is -0.0800. The SMILES string of the molecule is CC(C)(C)CC(CN)C(=O)Nc1ccc2c(c1)CCC2. The highest BCUT2D eigenvalue weighted by molar-refractivity contribution is 5.92. The van der Waals surface area contributed by atoms with Crippen molar-refractivity contribution in [3.63, 3.8) is 0 Å². The Balaban J connectivity index is 2.03. The number of carbonyl (C=O) groups is 1. The summed E-state index contributed by atoms with van der Waals surface area (Å²) in [6, 6.07) is 6.26. The molecule has 1 unspecified atom stereocenters. The molecule has 1 aliphatic rings. The van der Waals surface area contributed by atoms with Crippen LogP contribution in [0.25, 0.3) is 0 Å². The fourth-order valence-corrected chi connectivity index (χ4v) is 2.92. The van der Waals surface area contributed by atoms with Crippen LogP contribution in [0.1, 0.15) is 44.7 Å². The van der Waals surface area contributed by atoms with E-state index in [0.717, 1.165) is 18.5 Å². The molecule has 1 aromatic carbocycles. The van der Waals surface area contributed by atoms with Gasteiger partial charge in [0.05, 0.1) is 5.92 Å². The van der Waals surface area contributed by atoms with Crippen LogP contribution in [0.5, 0.6) is 0 Å². The molecule has 20 heavy (non-hydrogen) atoms. The quantitative estimate of drug-likeness (QED) is 0.886. The number of rotatable bonds is 4. The summed E-state index contributed by atoms with van der Waals surface area (Å²) in [6.45, 7) is 6.81. The summed E-state index contributed by atoms with van der Waals surface area (Å²) in [7, 11) is 0. The first kappa shape index (κ1) is 15.0. The third kappa shape index (κ3) is 3.83. The van der Waals surface area contributed by atoms with Crippen molar-refractivity contribution < 1.29 is 4.79 Å². The zero-order chi connectivity index (χ0) is 14.8. The monoisotopic (exact) mass is 274 g/mol. The largest absolute Gasteiger partial charge is 0.330 e. The summed E-state index contributed by atoms with van der Waals surface area (Å²) in [5.41, 5.74) is 9.58. The van der Waals surface area contributed by atoms with Gasteiger partial charge in [0.2, 0.25) is 5.91 Å². The van der Waals surface area contributed by atoms with Gasteiger partial charge >= 0.3 is 0 Å². The Hall–Kier alpha value is -1.35. The van der Waals surface area contributed by atoms with Gasteiger partial charge in [-0.15, -0.1) is 0 Å². The smallest absolute Gasteiger partial charge is 0.228 e. The number of anilines is 1. The third-order valence-electron chi connectivity index (χ3n) is 3.88. The van der Waals surface area contributed by atoms with E-state index < -0.39 is 0 Å². The minimum absolute atomic E-state index is 0.0420. The second-order valence-electron chi connectivity index (χ2n) is 7.02. The van der Waals surface area contributed by atoms with E-state index in [1.165, 1.54) is 24.0 Å². The zero-order valence-corrected chi connectivity index (χ0v) is 12.8. The van der Waals surface area contributed by atoms with Crippen LogP contribution in [0.3, 0.4) is 0 Å². The molecular weight excluding hydrogens is 248 g/mol. The molecule has 1 amide bonds. The van der Waals surface area contributed by atoms with Crippen LogP contribution in [-0.2, 0) is 17.6 Å². The molecule has 2 rings (SSSR count). The Morgan fingerprint density at radius 1 is 1.30 bits per heavy atom. The fourth-order valence-electron chi connectivity index (χ4n) is 2.92. The maximum absolute atomic E-state index is 12.3. The number of benzene rings is 1. The van der Waals surface area contributed by atoms with E-state index in [4.69, 9.17) is 5.73 Å². The molecule has 3 N–H and O–H groups in total. The number of amides is 1. The molecule has 0 aromatic heterocycles. The molecule has 1 aliphatic carbocycles. The Labute approximate surface area is 121 Å². The van der Waals surface area contributed by atoms with Crippen LogP contribution < -0.4 is 11.1 Å². The van der Waals surface area contributed by atoms with Gasteiger partial charge < -0.3 is 11.1 Å². The first-order valence-corrected chi connectivity index (χ1v) is 7.52. The van der Waals surface area contributed by atoms with Crippen molar-refractivity contribution in [2.24, 2.45) is 17.1 Å². The molecule has 110 valence electrons. The first-order chi connectivity index (χ1) is 9.39. The lowest BCUT2D eigenvalue weighted by Crippen LogP contribution is -2.32. The molecule has 3 nitrogen and oxygen atoms in total. The van der Waals surface area contributed by atoms with Crippen molar-refractivity contribution in [1.29, 1.82) is 0 Å². The fraction of sp³-hybridized carbons (Fsp3) is 0.588. The van der Waals surface area contributed by atoms with Crippen LogP contribution in [0.15, 0.2) is 18.2 Å². The Bertz CT molecular complexity index is 488. The Morgan fingerprint density at radius 3 is 2.65 bits per heavy atom. The summed E-state index contributed by atoms with van der Waals surface area (Å²) in [4.78, 5) is 12.3. The number of nitrogens with two attached hydrogens (primary N) is 1. The van der Waals surface area contributed by atoms with E-state index in [1.807, 2.05) is 6.07 Å². The summed E-state index contributed by atoms with van der Waals surface area (Å²) in [5, 5.41) is 3.03. The molecule has 1 aromatic rings. The van der Waals surface area contributed by atoms with E-state index in [0.29, 0.717) is 6.54 Å². The van der Waals surface area contributed by atoms with Crippen LogP contribution in [0.4, 0.5) is 5.69 Å². The Kier molecular flexibility index (Phi) is 4.48. The molecule has 0 saturated carbocycles. The standard InChI is InChI=1S/C17H26N2O/c1-17(2,3)10-14(11-18)16(20)19-15-8-7-12-5-4-6-13(12)9-15/h7-9,14H,4-6,10-11,18H2,1-3H3,(H,19,20). The second kappa shape index (κ2) is 5.96. The van der Waals surface area contributed by atoms with Gasteiger partial charge in [-0.25, -0.2) is 0 Å². The van der Waals surface area contributed by atoms with Gasteiger partial charge in [-0.2, -0.15) is 0 Å². The van der Waals surface area contributed by atoms with Gasteiger partial charge in [0.15, 0.2) is 0 Å². The van der Waals surface area contributed by atoms with E-state index in [-0.39, 0.29) is 17.2 Å². The predicted octanol–water partition coefficient (Wildman–Crippen LogP) is 3.12.